The number of allylic oxidation sites excluding steroid dienone is 6. The molecule has 0 amide bonds. The molecule has 4 heteroatoms. The molecule has 134 valence electrons. The Labute approximate surface area is 145 Å². The van der Waals surface area contributed by atoms with Gasteiger partial charge in [-0.15, -0.1) is 0 Å². The van der Waals surface area contributed by atoms with Crippen LogP contribution in [0.15, 0.2) is 48.3 Å². The highest BCUT2D eigenvalue weighted by molar-refractivity contribution is 5.89. The molecule has 0 aliphatic heterocycles. The molecule has 0 saturated carbocycles. The number of carbonyl (C=O) groups is 2. The van der Waals surface area contributed by atoms with E-state index in [4.69, 9.17) is 5.11 Å². The first-order valence-corrected chi connectivity index (χ1v) is 8.74. The van der Waals surface area contributed by atoms with Crippen molar-refractivity contribution in [3.63, 3.8) is 0 Å². The standard InChI is InChI=1S/C20H30O4/c1-2-3-4-5-6-7-8-9-13-18(21)14-10-11-15-19(22)16-12-17-20(23)24/h10-12,14-17,22H,2-9,13H2,1H3,(H,23,24). The number of aliphatic hydroxyl groups excluding tert-OH is 1. The molecule has 0 aromatic rings. The van der Waals surface area contributed by atoms with Gasteiger partial charge in [-0.3, -0.25) is 4.79 Å². The lowest BCUT2D eigenvalue weighted by atomic mass is 10.1. The van der Waals surface area contributed by atoms with Gasteiger partial charge in [-0.25, -0.2) is 4.79 Å². The molecular weight excluding hydrogens is 304 g/mol. The van der Waals surface area contributed by atoms with Crippen LogP contribution in [-0.4, -0.2) is 22.0 Å². The van der Waals surface area contributed by atoms with Crippen molar-refractivity contribution < 1.29 is 19.8 Å². The van der Waals surface area contributed by atoms with Gasteiger partial charge < -0.3 is 10.2 Å². The van der Waals surface area contributed by atoms with Crippen LogP contribution in [0, 0.1) is 0 Å². The zero-order chi connectivity index (χ0) is 18.0. The predicted octanol–water partition coefficient (Wildman–Crippen LogP) is 5.28. The SMILES string of the molecule is CCCCCCCCCCC(=O)C=CC=CC(O)=CC=CC(=O)O. The monoisotopic (exact) mass is 334 g/mol. The van der Waals surface area contributed by atoms with Crippen LogP contribution in [0.5, 0.6) is 0 Å². The van der Waals surface area contributed by atoms with Gasteiger partial charge in [-0.05, 0) is 24.6 Å². The summed E-state index contributed by atoms with van der Waals surface area (Å²) in [6.45, 7) is 2.21. The van der Waals surface area contributed by atoms with Gasteiger partial charge in [-0.1, -0.05) is 70.1 Å². The number of ketones is 1. The van der Waals surface area contributed by atoms with Gasteiger partial charge in [0, 0.05) is 12.5 Å². The summed E-state index contributed by atoms with van der Waals surface area (Å²) in [5.41, 5.74) is 0. The summed E-state index contributed by atoms with van der Waals surface area (Å²) in [6, 6.07) is 0. The molecule has 0 aliphatic rings. The van der Waals surface area contributed by atoms with Crippen LogP contribution in [-0.2, 0) is 9.59 Å². The molecule has 0 aromatic carbocycles. The Hall–Kier alpha value is -2.10. The largest absolute Gasteiger partial charge is 0.508 e. The number of hydrogen-bond acceptors (Lipinski definition) is 3. The van der Waals surface area contributed by atoms with Gasteiger partial charge >= 0.3 is 5.97 Å². The van der Waals surface area contributed by atoms with Crippen LogP contribution in [0.3, 0.4) is 0 Å². The number of hydrogen-bond donors (Lipinski definition) is 2. The molecule has 2 N–H and O–H groups in total. The fourth-order valence-electron chi connectivity index (χ4n) is 2.12. The molecule has 0 atom stereocenters. The maximum absolute atomic E-state index is 11.6. The number of carboxylic acid groups (broad SMARTS) is 1. The smallest absolute Gasteiger partial charge is 0.328 e. The molecule has 0 saturated heterocycles. The fourth-order valence-corrected chi connectivity index (χ4v) is 2.12. The number of carboxylic acids is 1. The normalized spacial score (nSPS) is 12.6. The van der Waals surface area contributed by atoms with Crippen molar-refractivity contribution in [3.05, 3.63) is 48.3 Å². The summed E-state index contributed by atoms with van der Waals surface area (Å²) < 4.78 is 0. The minimum absolute atomic E-state index is 0.0762. The molecule has 0 unspecified atom stereocenters. The van der Waals surface area contributed by atoms with Gasteiger partial charge in [-0.2, -0.15) is 0 Å². The molecule has 0 rings (SSSR count). The van der Waals surface area contributed by atoms with Gasteiger partial charge in [0.2, 0.25) is 0 Å². The summed E-state index contributed by atoms with van der Waals surface area (Å²) in [5.74, 6) is -1.07. The van der Waals surface area contributed by atoms with Crippen molar-refractivity contribution in [2.45, 2.75) is 64.7 Å². The maximum Gasteiger partial charge on any atom is 0.328 e. The summed E-state index contributed by atoms with van der Waals surface area (Å²) in [7, 11) is 0. The second-order valence-corrected chi connectivity index (χ2v) is 5.70. The van der Waals surface area contributed by atoms with Gasteiger partial charge in [0.15, 0.2) is 5.78 Å². The third-order valence-electron chi connectivity index (χ3n) is 3.44. The zero-order valence-corrected chi connectivity index (χ0v) is 14.6. The van der Waals surface area contributed by atoms with Crippen molar-refractivity contribution in [1.82, 2.24) is 0 Å². The second-order valence-electron chi connectivity index (χ2n) is 5.70. The van der Waals surface area contributed by atoms with Crippen LogP contribution >= 0.6 is 0 Å². The molecule has 24 heavy (non-hydrogen) atoms. The Kier molecular flexibility index (Phi) is 14.4. The molecular formula is C20H30O4. The van der Waals surface area contributed by atoms with Crippen LogP contribution in [0.25, 0.3) is 0 Å². The highest BCUT2D eigenvalue weighted by atomic mass is 16.4. The Morgan fingerprint density at radius 1 is 0.750 bits per heavy atom. The Morgan fingerprint density at radius 2 is 1.33 bits per heavy atom. The van der Waals surface area contributed by atoms with Crippen LogP contribution in [0.2, 0.25) is 0 Å². The van der Waals surface area contributed by atoms with Gasteiger partial charge in [0.05, 0.1) is 0 Å². The molecule has 0 aliphatic carbocycles. The van der Waals surface area contributed by atoms with E-state index in [9.17, 15) is 14.7 Å². The van der Waals surface area contributed by atoms with E-state index in [0.29, 0.717) is 6.42 Å². The fraction of sp³-hybridized carbons (Fsp3) is 0.500. The third kappa shape index (κ3) is 16.3. The lowest BCUT2D eigenvalue weighted by molar-refractivity contribution is -0.131. The molecule has 0 radical (unpaired) electrons. The van der Waals surface area contributed by atoms with Crippen molar-refractivity contribution in [2.75, 3.05) is 0 Å². The quantitative estimate of drug-likeness (QED) is 0.196. The van der Waals surface area contributed by atoms with Crippen molar-refractivity contribution >= 4 is 11.8 Å². The zero-order valence-electron chi connectivity index (χ0n) is 14.6. The second kappa shape index (κ2) is 15.8. The van der Waals surface area contributed by atoms with Crippen molar-refractivity contribution in [2.24, 2.45) is 0 Å². The highest BCUT2D eigenvalue weighted by Gasteiger charge is 1.96. The van der Waals surface area contributed by atoms with Crippen LogP contribution in [0.4, 0.5) is 0 Å². The number of carbonyl (C=O) groups excluding carboxylic acids is 1. The van der Waals surface area contributed by atoms with Gasteiger partial charge in [0.25, 0.3) is 0 Å². The first-order chi connectivity index (χ1) is 11.6. The summed E-state index contributed by atoms with van der Waals surface area (Å²) in [6.07, 6.45) is 19.7. The predicted molar refractivity (Wildman–Crippen MR) is 98.0 cm³/mol. The number of aliphatic hydroxyl groups is 1. The topological polar surface area (TPSA) is 74.6 Å². The molecule has 4 nitrogen and oxygen atoms in total. The van der Waals surface area contributed by atoms with E-state index in [1.54, 1.807) is 12.2 Å². The van der Waals surface area contributed by atoms with Crippen molar-refractivity contribution in [1.29, 1.82) is 0 Å². The molecule has 0 aromatic heterocycles. The summed E-state index contributed by atoms with van der Waals surface area (Å²) in [5, 5.41) is 17.8. The van der Waals surface area contributed by atoms with E-state index < -0.39 is 5.97 Å². The van der Waals surface area contributed by atoms with E-state index in [-0.39, 0.29) is 11.5 Å². The number of rotatable bonds is 14. The Balaban J connectivity index is 3.77. The van der Waals surface area contributed by atoms with E-state index in [2.05, 4.69) is 6.92 Å². The number of aliphatic carboxylic acids is 1. The number of unbranched alkanes of at least 4 members (excludes halogenated alkanes) is 7. The highest BCUT2D eigenvalue weighted by Crippen LogP contribution is 2.09. The minimum Gasteiger partial charge on any atom is -0.508 e. The average molecular weight is 334 g/mol. The van der Waals surface area contributed by atoms with Crippen molar-refractivity contribution in [3.8, 4) is 0 Å². The Bertz CT molecular complexity index is 470. The van der Waals surface area contributed by atoms with Crippen LogP contribution in [0.1, 0.15) is 64.7 Å². The van der Waals surface area contributed by atoms with E-state index in [1.165, 1.54) is 62.8 Å². The summed E-state index contributed by atoms with van der Waals surface area (Å²) in [4.78, 5) is 21.9. The van der Waals surface area contributed by atoms with E-state index in [0.717, 1.165) is 18.9 Å². The molecule has 0 fully saturated rings. The molecule has 0 bridgehead atoms. The summed E-state index contributed by atoms with van der Waals surface area (Å²) >= 11 is 0. The molecule has 0 spiro atoms. The van der Waals surface area contributed by atoms with E-state index in [1.807, 2.05) is 0 Å². The Morgan fingerprint density at radius 3 is 1.96 bits per heavy atom. The third-order valence-corrected chi connectivity index (χ3v) is 3.44. The van der Waals surface area contributed by atoms with Crippen LogP contribution < -0.4 is 0 Å². The average Bonchev–Trinajstić information content (AvgIpc) is 2.53. The maximum atomic E-state index is 11.6. The first kappa shape index (κ1) is 21.9. The van der Waals surface area contributed by atoms with Gasteiger partial charge in [0.1, 0.15) is 5.76 Å². The molecule has 0 heterocycles. The lowest BCUT2D eigenvalue weighted by Gasteiger charge is -2.00. The lowest BCUT2D eigenvalue weighted by Crippen LogP contribution is -1.92. The minimum atomic E-state index is -1.07. The van der Waals surface area contributed by atoms with E-state index >= 15 is 0 Å². The first-order valence-electron chi connectivity index (χ1n) is 8.74.